The molecule has 4 aromatic carbocycles. The highest BCUT2D eigenvalue weighted by Gasteiger charge is 2.41. The Hall–Kier alpha value is -11.2. The second-order valence-electron chi connectivity index (χ2n) is 26.2. The van der Waals surface area contributed by atoms with E-state index in [1.54, 1.807) is 68.6 Å². The van der Waals surface area contributed by atoms with Gasteiger partial charge in [-0.2, -0.15) is 0 Å². The fraction of sp³-hybridized carbons (Fsp3) is 0.443. The molecule has 10 atom stereocenters. The summed E-state index contributed by atoms with van der Waals surface area (Å²) in [7, 11) is 0. The molecule has 0 radical (unpaired) electrons. The summed E-state index contributed by atoms with van der Waals surface area (Å²) in [5.74, 6) is -13.8. The van der Waals surface area contributed by atoms with Crippen LogP contribution in [-0.4, -0.2) is 192 Å². The van der Waals surface area contributed by atoms with Crippen LogP contribution < -0.4 is 80.6 Å². The molecule has 19 N–H and O–H groups in total. The Kier molecular flexibility index (Phi) is 27.8. The lowest BCUT2D eigenvalue weighted by Gasteiger charge is -2.31. The lowest BCUT2D eigenvalue weighted by Crippen LogP contribution is -2.61. The van der Waals surface area contributed by atoms with E-state index in [2.05, 4.69) is 74.1 Å². The molecule has 33 heteroatoms. The first-order chi connectivity index (χ1) is 49.2. The summed E-state index contributed by atoms with van der Waals surface area (Å²) in [4.78, 5) is 206. The van der Waals surface area contributed by atoms with Gasteiger partial charge in [-0.3, -0.25) is 72.5 Å². The molecule has 0 unspecified atom stereocenters. The van der Waals surface area contributed by atoms with Crippen molar-refractivity contribution in [2.75, 3.05) is 32.7 Å². The molecule has 2 bridgehead atoms. The maximum atomic E-state index is 15.4. The molecule has 0 spiro atoms. The number of para-hydroxylation sites is 1. The SMILES string of the molecule is CC(=O)N[C@@H]1CC(=O)NCC(=O)NCCC[C@H]2NC(=O)[C@@H](CC(=O)NC[C@H](C(N)=O)NC(=O)[C@H]3CCCN3C(=O)[C@H](CCCNC(=N)N)NC(=O)[C@@H](CC(C)C)NC(=O)[C@@H](Cc3ccc4ccccc4c3)NC2=O)NC(=O)[C@@H](Cc2c[nH]c3ccccc23)NC(=O)[C@H](Cc2ccc(Cl)cc2)NC1=O. The van der Waals surface area contributed by atoms with E-state index in [4.69, 9.17) is 28.5 Å². The highest BCUT2D eigenvalue weighted by atomic mass is 35.5. The quantitative estimate of drug-likeness (QED) is 0.0328. The molecule has 3 aliphatic rings. The number of benzene rings is 4. The lowest BCUT2D eigenvalue weighted by molar-refractivity contribution is -0.142. The molecule has 3 saturated heterocycles. The highest BCUT2D eigenvalue weighted by Crippen LogP contribution is 2.24. The van der Waals surface area contributed by atoms with Crippen molar-refractivity contribution in [1.29, 1.82) is 5.41 Å². The van der Waals surface area contributed by atoms with Crippen LogP contribution in [0.15, 0.2) is 97.2 Å². The van der Waals surface area contributed by atoms with E-state index in [1.807, 2.05) is 30.3 Å². The second-order valence-corrected chi connectivity index (χ2v) is 26.6. The minimum absolute atomic E-state index is 0.0112. The molecule has 32 nitrogen and oxygen atoms in total. The number of hydrogen-bond donors (Lipinski definition) is 17. The summed E-state index contributed by atoms with van der Waals surface area (Å²) in [5.41, 5.74) is 13.4. The van der Waals surface area contributed by atoms with Gasteiger partial charge in [0, 0.05) is 74.5 Å². The molecule has 1 aromatic heterocycles. The van der Waals surface area contributed by atoms with Crippen LogP contribution in [0.4, 0.5) is 0 Å². The zero-order valence-electron chi connectivity index (χ0n) is 57.3. The topological polar surface area (TPSA) is 490 Å². The Morgan fingerprint density at radius 2 is 1.20 bits per heavy atom. The summed E-state index contributed by atoms with van der Waals surface area (Å²) in [6.45, 7) is 3.19. The van der Waals surface area contributed by atoms with E-state index in [0.717, 1.165) is 17.7 Å². The van der Waals surface area contributed by atoms with Crippen LogP contribution in [0.3, 0.4) is 0 Å². The minimum Gasteiger partial charge on any atom is -0.370 e. The molecule has 103 heavy (non-hydrogen) atoms. The normalized spacial score (nSPS) is 24.0. The van der Waals surface area contributed by atoms with E-state index in [1.165, 1.54) is 17.0 Å². The van der Waals surface area contributed by atoms with E-state index < -0.39 is 169 Å². The van der Waals surface area contributed by atoms with Gasteiger partial charge in [0.1, 0.15) is 60.4 Å². The minimum atomic E-state index is -2.01. The molecule has 3 fully saturated rings. The maximum absolute atomic E-state index is 15.4. The van der Waals surface area contributed by atoms with E-state index in [-0.39, 0.29) is 89.3 Å². The van der Waals surface area contributed by atoms with Crippen LogP contribution >= 0.6 is 11.6 Å². The average Bonchev–Trinajstić information content (AvgIpc) is 1.73. The van der Waals surface area contributed by atoms with Crippen molar-refractivity contribution in [3.8, 4) is 0 Å². The first kappa shape index (κ1) is 77.6. The number of carbonyl (C=O) groups is 14. The van der Waals surface area contributed by atoms with Crippen molar-refractivity contribution in [3.63, 3.8) is 0 Å². The number of carbonyl (C=O) groups excluding carboxylic acids is 14. The molecule has 5 aromatic rings. The summed E-state index contributed by atoms with van der Waals surface area (Å²) < 4.78 is 0. The Bertz CT molecular complexity index is 4000. The molecule has 0 saturated carbocycles. The molecular weight excluding hydrogens is 1350 g/mol. The number of H-pyrrole nitrogens is 1. The zero-order valence-corrected chi connectivity index (χ0v) is 58.1. The van der Waals surface area contributed by atoms with Crippen LogP contribution in [-0.2, 0) is 86.4 Å². The summed E-state index contributed by atoms with van der Waals surface area (Å²) in [6.07, 6.45) is -0.979. The first-order valence-corrected chi connectivity index (χ1v) is 34.5. The number of primary amides is 1. The predicted octanol–water partition coefficient (Wildman–Crippen LogP) is -1.89. The van der Waals surface area contributed by atoms with E-state index in [9.17, 15) is 43.2 Å². The molecule has 0 aliphatic carbocycles. The van der Waals surface area contributed by atoms with Gasteiger partial charge in [0.25, 0.3) is 0 Å². The Balaban J connectivity index is 1.23. The van der Waals surface area contributed by atoms with E-state index >= 15 is 24.0 Å². The third-order valence-electron chi connectivity index (χ3n) is 17.7. The third kappa shape index (κ3) is 22.9. The third-order valence-corrected chi connectivity index (χ3v) is 18.0. The number of guanidine groups is 1. The van der Waals surface area contributed by atoms with Gasteiger partial charge in [0.05, 0.1) is 19.4 Å². The van der Waals surface area contributed by atoms with Gasteiger partial charge >= 0.3 is 0 Å². The zero-order chi connectivity index (χ0) is 74.4. The van der Waals surface area contributed by atoms with Crippen molar-refractivity contribution < 1.29 is 67.1 Å². The van der Waals surface area contributed by atoms with Crippen molar-refractivity contribution >= 4 is 122 Å². The van der Waals surface area contributed by atoms with Crippen LogP contribution in [0.1, 0.15) is 95.2 Å². The summed E-state index contributed by atoms with van der Waals surface area (Å²) in [5, 5.41) is 44.2. The summed E-state index contributed by atoms with van der Waals surface area (Å²) >= 11 is 6.23. The Morgan fingerprint density at radius 3 is 1.91 bits per heavy atom. The number of nitrogens with zero attached hydrogens (tertiary/aromatic N) is 1. The number of hydrogen-bond acceptors (Lipinski definition) is 15. The Labute approximate surface area is 598 Å². The van der Waals surface area contributed by atoms with Gasteiger partial charge in [0.2, 0.25) is 82.7 Å². The number of nitrogens with two attached hydrogens (primary N) is 2. The van der Waals surface area contributed by atoms with Gasteiger partial charge in [0.15, 0.2) is 5.96 Å². The molecule has 3 aliphatic heterocycles. The Morgan fingerprint density at radius 1 is 0.602 bits per heavy atom. The van der Waals surface area contributed by atoms with Crippen LogP contribution in [0.2, 0.25) is 5.02 Å². The van der Waals surface area contributed by atoms with Gasteiger partial charge in [-0.05, 0) is 96.5 Å². The molecular formula is C70H89ClN18O14. The molecule has 550 valence electrons. The van der Waals surface area contributed by atoms with E-state index in [0.29, 0.717) is 39.0 Å². The number of nitrogens with one attached hydrogen (secondary N) is 15. The predicted molar refractivity (Wildman–Crippen MR) is 378 cm³/mol. The van der Waals surface area contributed by atoms with Crippen molar-refractivity contribution in [2.45, 2.75) is 158 Å². The first-order valence-electron chi connectivity index (χ1n) is 34.1. The van der Waals surface area contributed by atoms with Crippen molar-refractivity contribution in [1.82, 2.24) is 79.0 Å². The molecule has 14 amide bonds. The van der Waals surface area contributed by atoms with Crippen LogP contribution in [0, 0.1) is 11.3 Å². The monoisotopic (exact) mass is 1440 g/mol. The number of aromatic amines is 1. The number of halogens is 1. The van der Waals surface area contributed by atoms with Gasteiger partial charge in [-0.25, -0.2) is 0 Å². The molecule has 8 rings (SSSR count). The fourth-order valence-corrected chi connectivity index (χ4v) is 12.6. The standard InChI is InChI=1S/C70H89ClN18O14/c1-37(2)27-49-62(96)82-48(16-9-25-76-70(73)74)69(103)89-26-10-17-56(89)68(102)88-55(60(72)94)35-78-57(91)33-54-67(101)81-47(61(95)84-51(64(98)83-49)30-40-18-21-41-11-4-5-12-42(41)28-40)15-8-24-75-59(93)36-79-58(92)32-53(80-38(3)90)66(100)85-50(29-39-19-22-44(71)23-20-39)63(97)86-52(65(99)87-54)31-43-34-77-46-14-7-6-13-45(43)46/h4-7,11-14,18-23,28,34,37,47-56,77H,8-10,15-17,24-27,29-33,35-36H2,1-3H3,(H2,72,94)(H,75,93)(H,78,91)(H,79,92)(H,80,90)(H,81,101)(H,82,96)(H,83,98)(H,84,95)(H,85,100)(H,86,97)(H,87,99)(H,88,102)(H4,73,74,76)/t47-,48+,49-,50+,51-,52-,53-,54-,55-,56-/m1/s1. The largest absolute Gasteiger partial charge is 0.370 e. The number of aromatic nitrogens is 1. The molecule has 4 heterocycles. The van der Waals surface area contributed by atoms with Crippen molar-refractivity contribution in [2.24, 2.45) is 17.4 Å². The highest BCUT2D eigenvalue weighted by molar-refractivity contribution is 6.30. The maximum Gasteiger partial charge on any atom is 0.245 e. The van der Waals surface area contributed by atoms with Crippen LogP contribution in [0.5, 0.6) is 0 Å². The smallest absolute Gasteiger partial charge is 0.245 e. The van der Waals surface area contributed by atoms with Gasteiger partial charge in [-0.1, -0.05) is 98.2 Å². The van der Waals surface area contributed by atoms with Crippen molar-refractivity contribution in [3.05, 3.63) is 119 Å². The van der Waals surface area contributed by atoms with Crippen LogP contribution in [0.25, 0.3) is 21.7 Å². The number of rotatable bonds is 14. The second kappa shape index (κ2) is 36.9. The van der Waals surface area contributed by atoms with Gasteiger partial charge < -0.3 is 90.5 Å². The lowest BCUT2D eigenvalue weighted by atomic mass is 9.98. The fourth-order valence-electron chi connectivity index (χ4n) is 12.4. The number of amides is 14. The van der Waals surface area contributed by atoms with Gasteiger partial charge in [-0.15, -0.1) is 0 Å². The summed E-state index contributed by atoms with van der Waals surface area (Å²) in [6, 6.07) is 10.0. The number of fused-ring (bicyclic) bond motifs is 6. The average molecular weight is 1440 g/mol.